The second kappa shape index (κ2) is 6.94. The average molecular weight is 441 g/mol. The Morgan fingerprint density at radius 1 is 1.00 bits per heavy atom. The van der Waals surface area contributed by atoms with Crippen molar-refractivity contribution in [2.75, 3.05) is 5.32 Å². The molecule has 136 valence electrons. The molecule has 0 spiro atoms. The van der Waals surface area contributed by atoms with Crippen molar-refractivity contribution >= 4 is 51.6 Å². The van der Waals surface area contributed by atoms with Crippen molar-refractivity contribution in [2.45, 2.75) is 6.92 Å². The van der Waals surface area contributed by atoms with Crippen molar-refractivity contribution in [1.82, 2.24) is 9.97 Å². The number of anilines is 2. The Bertz CT molecular complexity index is 1150. The molecule has 0 aliphatic carbocycles. The van der Waals surface area contributed by atoms with Gasteiger partial charge in [-0.05, 0) is 0 Å². The molecule has 0 aliphatic heterocycles. The van der Waals surface area contributed by atoms with Crippen LogP contribution in [0.3, 0.4) is 0 Å². The van der Waals surface area contributed by atoms with Gasteiger partial charge in [0.2, 0.25) is 0 Å². The summed E-state index contributed by atoms with van der Waals surface area (Å²) in [5.41, 5.74) is 2.89. The number of aryl methyl sites for hydroxylation is 1. The first-order valence-electron chi connectivity index (χ1n) is 8.16. The molecule has 0 saturated carbocycles. The Morgan fingerprint density at radius 2 is 1.70 bits per heavy atom. The van der Waals surface area contributed by atoms with Crippen LogP contribution in [0.5, 0.6) is 0 Å². The number of rotatable bonds is 4. The number of hydrogen-bond acceptors (Lipinski definition) is 5. The van der Waals surface area contributed by atoms with E-state index in [0.29, 0.717) is 11.5 Å². The third kappa shape index (κ3) is 3.55. The number of hydrogen-bond donors (Lipinski definition) is 3. The number of nitrogens with one attached hydrogen (secondary N) is 1. The standard InChI is InChI=1S/C19H16AsN3O3S/c1-12-16(13-5-3-2-4-6-13)17-18(21-11-22-19(17)27-12)23-15-9-7-14(8-10-15)20(24,25)26/h2-11H,1H3,(H,21,22,23)(H2,24,25,26). The summed E-state index contributed by atoms with van der Waals surface area (Å²) in [7, 11) is 0. The summed E-state index contributed by atoms with van der Waals surface area (Å²) in [5, 5.41) is 4.20. The fraction of sp³-hybridized carbons (Fsp3) is 0.0526. The van der Waals surface area contributed by atoms with Crippen LogP contribution >= 0.6 is 11.3 Å². The molecule has 0 unspecified atom stereocenters. The third-order valence-electron chi connectivity index (χ3n) is 4.19. The van der Waals surface area contributed by atoms with Crippen LogP contribution in [-0.2, 0) is 3.74 Å². The van der Waals surface area contributed by atoms with Crippen molar-refractivity contribution in [1.29, 1.82) is 0 Å². The van der Waals surface area contributed by atoms with Gasteiger partial charge in [0.25, 0.3) is 0 Å². The van der Waals surface area contributed by atoms with Crippen LogP contribution in [0.15, 0.2) is 60.9 Å². The minimum absolute atomic E-state index is 0.0443. The average Bonchev–Trinajstić information content (AvgIpc) is 2.99. The van der Waals surface area contributed by atoms with Gasteiger partial charge in [-0.15, -0.1) is 0 Å². The third-order valence-corrected chi connectivity index (χ3v) is 7.24. The predicted octanol–water partition coefficient (Wildman–Crippen LogP) is 2.97. The summed E-state index contributed by atoms with van der Waals surface area (Å²) in [4.78, 5) is 10.9. The van der Waals surface area contributed by atoms with Gasteiger partial charge in [-0.1, -0.05) is 0 Å². The maximum absolute atomic E-state index is 11.4. The van der Waals surface area contributed by atoms with Gasteiger partial charge < -0.3 is 0 Å². The molecule has 2 aromatic carbocycles. The number of thiophene rings is 1. The molecule has 2 heterocycles. The molecule has 6 nitrogen and oxygen atoms in total. The first-order valence-corrected chi connectivity index (χ1v) is 12.4. The Morgan fingerprint density at radius 3 is 2.37 bits per heavy atom. The Hall–Kier alpha value is -2.44. The SMILES string of the molecule is Cc1sc2ncnc(Nc3ccc([As](=O)(O)O)cc3)c2c1-c1ccccc1. The number of nitrogens with zero attached hydrogens (tertiary/aromatic N) is 2. The van der Waals surface area contributed by atoms with Crippen molar-refractivity contribution in [3.63, 3.8) is 0 Å². The van der Waals surface area contributed by atoms with Crippen molar-refractivity contribution in [3.8, 4) is 11.1 Å². The van der Waals surface area contributed by atoms with E-state index in [1.165, 1.54) is 18.5 Å². The monoisotopic (exact) mass is 441 g/mol. The van der Waals surface area contributed by atoms with E-state index >= 15 is 0 Å². The van der Waals surface area contributed by atoms with E-state index in [1.54, 1.807) is 23.5 Å². The molecule has 0 bridgehead atoms. The van der Waals surface area contributed by atoms with E-state index < -0.39 is 14.2 Å². The van der Waals surface area contributed by atoms with Gasteiger partial charge in [-0.2, -0.15) is 0 Å². The van der Waals surface area contributed by atoms with Gasteiger partial charge in [0, 0.05) is 0 Å². The Balaban J connectivity index is 1.80. The van der Waals surface area contributed by atoms with Crippen LogP contribution in [0.1, 0.15) is 4.88 Å². The van der Waals surface area contributed by atoms with Gasteiger partial charge in [0.15, 0.2) is 0 Å². The van der Waals surface area contributed by atoms with Crippen LogP contribution in [0.25, 0.3) is 21.3 Å². The van der Waals surface area contributed by atoms with E-state index in [-0.39, 0.29) is 4.35 Å². The zero-order chi connectivity index (χ0) is 19.0. The summed E-state index contributed by atoms with van der Waals surface area (Å²) >= 11 is -3.27. The van der Waals surface area contributed by atoms with Gasteiger partial charge in [-0.25, -0.2) is 0 Å². The quantitative estimate of drug-likeness (QED) is 0.422. The second-order valence-electron chi connectivity index (χ2n) is 6.02. The molecule has 27 heavy (non-hydrogen) atoms. The summed E-state index contributed by atoms with van der Waals surface area (Å²) in [5.74, 6) is 0.664. The Labute approximate surface area is 162 Å². The van der Waals surface area contributed by atoms with Crippen LogP contribution in [0, 0.1) is 6.92 Å². The zero-order valence-corrected chi connectivity index (χ0v) is 17.0. The van der Waals surface area contributed by atoms with Crippen molar-refractivity contribution in [2.24, 2.45) is 0 Å². The molecule has 2 aromatic heterocycles. The van der Waals surface area contributed by atoms with Crippen LogP contribution in [0.2, 0.25) is 0 Å². The van der Waals surface area contributed by atoms with E-state index in [4.69, 9.17) is 0 Å². The molecular weight excluding hydrogens is 425 g/mol. The van der Waals surface area contributed by atoms with E-state index in [0.717, 1.165) is 26.2 Å². The molecule has 0 radical (unpaired) electrons. The molecular formula is C19H16AsN3O3S. The number of aromatic nitrogens is 2. The van der Waals surface area contributed by atoms with Crippen LogP contribution in [-0.4, -0.2) is 32.3 Å². The summed E-state index contributed by atoms with van der Waals surface area (Å²) < 4.78 is 30.1. The van der Waals surface area contributed by atoms with Gasteiger partial charge in [-0.3, -0.25) is 0 Å². The van der Waals surface area contributed by atoms with Crippen molar-refractivity contribution < 1.29 is 11.9 Å². The molecule has 4 aromatic rings. The van der Waals surface area contributed by atoms with Crippen molar-refractivity contribution in [3.05, 3.63) is 65.8 Å². The number of benzene rings is 2. The molecule has 0 fully saturated rings. The molecule has 0 amide bonds. The van der Waals surface area contributed by atoms with Gasteiger partial charge >= 0.3 is 163 Å². The van der Waals surface area contributed by atoms with Gasteiger partial charge in [0.05, 0.1) is 0 Å². The second-order valence-corrected chi connectivity index (χ2v) is 10.6. The maximum atomic E-state index is 11.4. The first kappa shape index (κ1) is 17.9. The van der Waals surface area contributed by atoms with Crippen LogP contribution < -0.4 is 9.67 Å². The minimum atomic E-state index is -4.88. The van der Waals surface area contributed by atoms with E-state index in [1.807, 2.05) is 18.2 Å². The Kier molecular flexibility index (Phi) is 4.61. The summed E-state index contributed by atoms with van der Waals surface area (Å²) in [6.07, 6.45) is 1.52. The zero-order valence-electron chi connectivity index (χ0n) is 14.3. The molecule has 4 rings (SSSR count). The fourth-order valence-electron chi connectivity index (χ4n) is 2.97. The molecule has 0 aliphatic rings. The van der Waals surface area contributed by atoms with Crippen LogP contribution in [0.4, 0.5) is 11.5 Å². The van der Waals surface area contributed by atoms with E-state index in [9.17, 15) is 11.9 Å². The normalized spacial score (nSPS) is 11.7. The molecule has 0 atom stereocenters. The fourth-order valence-corrected chi connectivity index (χ4v) is 5.11. The van der Waals surface area contributed by atoms with Gasteiger partial charge in [0.1, 0.15) is 0 Å². The molecule has 0 saturated heterocycles. The first-order chi connectivity index (χ1) is 12.9. The number of fused-ring (bicyclic) bond motifs is 1. The molecule has 8 heteroatoms. The summed E-state index contributed by atoms with van der Waals surface area (Å²) in [6, 6.07) is 16.3. The van der Waals surface area contributed by atoms with E-state index in [2.05, 4.69) is 34.3 Å². The molecule has 3 N–H and O–H groups in total. The summed E-state index contributed by atoms with van der Waals surface area (Å²) in [6.45, 7) is 2.06. The predicted molar refractivity (Wildman–Crippen MR) is 108 cm³/mol. The topological polar surface area (TPSA) is 95.3 Å².